The van der Waals surface area contributed by atoms with E-state index in [1.165, 1.54) is 17.4 Å². The Bertz CT molecular complexity index is 1300. The number of fused-ring (bicyclic) bond motifs is 1. The largest absolute Gasteiger partial charge is 0.497 e. The van der Waals surface area contributed by atoms with E-state index < -0.39 is 0 Å². The van der Waals surface area contributed by atoms with Gasteiger partial charge in [0.25, 0.3) is 5.56 Å². The fraction of sp³-hybridized carbons (Fsp3) is 0.182. The highest BCUT2D eigenvalue weighted by Gasteiger charge is 2.12. The van der Waals surface area contributed by atoms with Crippen molar-refractivity contribution in [2.24, 2.45) is 0 Å². The Balaban J connectivity index is 1.52. The number of hydrogen-bond donors (Lipinski definition) is 1. The van der Waals surface area contributed by atoms with Gasteiger partial charge >= 0.3 is 0 Å². The van der Waals surface area contributed by atoms with Crippen molar-refractivity contribution in [2.75, 3.05) is 19.0 Å². The predicted molar refractivity (Wildman–Crippen MR) is 120 cm³/mol. The zero-order valence-electron chi connectivity index (χ0n) is 17.0. The summed E-state index contributed by atoms with van der Waals surface area (Å²) in [5.74, 6) is 1.04. The first-order valence-corrected chi connectivity index (χ1v) is 10.4. The summed E-state index contributed by atoms with van der Waals surface area (Å²) in [6.45, 7) is 2.27. The summed E-state index contributed by atoms with van der Waals surface area (Å²) in [6.07, 6.45) is 0. The van der Waals surface area contributed by atoms with Crippen LogP contribution in [-0.4, -0.2) is 34.4 Å². The number of carbonyl (C=O) groups excluding carboxylic acids is 1. The minimum absolute atomic E-state index is 0.225. The molecule has 0 atom stereocenters. The van der Waals surface area contributed by atoms with Crippen molar-refractivity contribution in [3.63, 3.8) is 0 Å². The lowest BCUT2D eigenvalue weighted by atomic mass is 10.1. The molecule has 0 saturated heterocycles. The Labute approximate surface area is 182 Å². The SMILES string of the molecule is CCOc1ccc2nc(NC(=O)Cn3nc(-c4cccc(OC)c4)ccc3=O)sc2c1. The fourth-order valence-corrected chi connectivity index (χ4v) is 3.92. The second kappa shape index (κ2) is 8.97. The van der Waals surface area contributed by atoms with Gasteiger partial charge in [-0.2, -0.15) is 5.10 Å². The van der Waals surface area contributed by atoms with Crippen LogP contribution in [0.4, 0.5) is 5.13 Å². The third-order valence-electron chi connectivity index (χ3n) is 4.44. The van der Waals surface area contributed by atoms with E-state index in [4.69, 9.17) is 9.47 Å². The Morgan fingerprint density at radius 2 is 2.00 bits per heavy atom. The second-order valence-electron chi connectivity index (χ2n) is 6.58. The molecular formula is C22H20N4O4S. The molecule has 0 aliphatic rings. The molecule has 4 rings (SSSR count). The van der Waals surface area contributed by atoms with E-state index in [1.807, 2.05) is 49.4 Å². The highest BCUT2D eigenvalue weighted by molar-refractivity contribution is 7.22. The number of methoxy groups -OCH3 is 1. The van der Waals surface area contributed by atoms with Crippen LogP contribution in [-0.2, 0) is 11.3 Å². The van der Waals surface area contributed by atoms with Gasteiger partial charge in [-0.1, -0.05) is 23.5 Å². The van der Waals surface area contributed by atoms with Crippen LogP contribution < -0.4 is 20.3 Å². The van der Waals surface area contributed by atoms with Crippen molar-refractivity contribution in [2.45, 2.75) is 13.5 Å². The maximum absolute atomic E-state index is 12.5. The van der Waals surface area contributed by atoms with Gasteiger partial charge in [0.05, 0.1) is 29.6 Å². The molecule has 0 spiro atoms. The van der Waals surface area contributed by atoms with Crippen LogP contribution in [0.2, 0.25) is 0 Å². The molecule has 0 bridgehead atoms. The number of aromatic nitrogens is 3. The van der Waals surface area contributed by atoms with E-state index in [0.29, 0.717) is 23.2 Å². The fourth-order valence-electron chi connectivity index (χ4n) is 3.01. The monoisotopic (exact) mass is 436 g/mol. The number of thiazole rings is 1. The van der Waals surface area contributed by atoms with E-state index in [2.05, 4.69) is 15.4 Å². The number of nitrogens with one attached hydrogen (secondary N) is 1. The molecule has 1 amide bonds. The van der Waals surface area contributed by atoms with Crippen LogP contribution in [0, 0.1) is 0 Å². The first-order chi connectivity index (χ1) is 15.1. The molecule has 4 aromatic rings. The number of nitrogens with zero attached hydrogens (tertiary/aromatic N) is 3. The van der Waals surface area contributed by atoms with Crippen molar-refractivity contribution in [1.29, 1.82) is 0 Å². The normalized spacial score (nSPS) is 10.8. The van der Waals surface area contributed by atoms with Crippen LogP contribution in [0.25, 0.3) is 21.5 Å². The van der Waals surface area contributed by atoms with Gasteiger partial charge in [-0.15, -0.1) is 0 Å². The molecule has 0 unspecified atom stereocenters. The smallest absolute Gasteiger partial charge is 0.267 e. The quantitative estimate of drug-likeness (QED) is 0.476. The third kappa shape index (κ3) is 4.72. The highest BCUT2D eigenvalue weighted by atomic mass is 32.1. The van der Waals surface area contributed by atoms with Crippen molar-refractivity contribution < 1.29 is 14.3 Å². The topological polar surface area (TPSA) is 95.3 Å². The van der Waals surface area contributed by atoms with Crippen molar-refractivity contribution in [1.82, 2.24) is 14.8 Å². The van der Waals surface area contributed by atoms with Crippen LogP contribution in [0.1, 0.15) is 6.92 Å². The number of carbonyl (C=O) groups is 1. The third-order valence-corrected chi connectivity index (χ3v) is 5.38. The van der Waals surface area contributed by atoms with Crippen molar-refractivity contribution in [3.05, 3.63) is 65.0 Å². The molecule has 0 saturated carbocycles. The summed E-state index contributed by atoms with van der Waals surface area (Å²) in [5.41, 5.74) is 1.74. The average molecular weight is 436 g/mol. The van der Waals surface area contributed by atoms with Crippen LogP contribution in [0.3, 0.4) is 0 Å². The number of hydrogen-bond acceptors (Lipinski definition) is 7. The number of amides is 1. The molecule has 2 aromatic heterocycles. The zero-order valence-corrected chi connectivity index (χ0v) is 17.8. The average Bonchev–Trinajstić information content (AvgIpc) is 3.17. The molecular weight excluding hydrogens is 416 g/mol. The number of benzene rings is 2. The minimum atomic E-state index is -0.388. The lowest BCUT2D eigenvalue weighted by Crippen LogP contribution is -2.29. The second-order valence-corrected chi connectivity index (χ2v) is 7.61. The summed E-state index contributed by atoms with van der Waals surface area (Å²) < 4.78 is 12.8. The van der Waals surface area contributed by atoms with Crippen LogP contribution in [0.15, 0.2) is 59.4 Å². The molecule has 9 heteroatoms. The van der Waals surface area contributed by atoms with Gasteiger partial charge in [-0.05, 0) is 43.3 Å². The summed E-state index contributed by atoms with van der Waals surface area (Å²) in [5, 5.41) is 7.52. The molecule has 158 valence electrons. The Morgan fingerprint density at radius 3 is 2.81 bits per heavy atom. The zero-order chi connectivity index (χ0) is 21.8. The van der Waals surface area contributed by atoms with E-state index in [9.17, 15) is 9.59 Å². The van der Waals surface area contributed by atoms with Gasteiger partial charge in [-0.25, -0.2) is 9.67 Å². The summed E-state index contributed by atoms with van der Waals surface area (Å²) in [6, 6.07) is 15.9. The minimum Gasteiger partial charge on any atom is -0.497 e. The van der Waals surface area contributed by atoms with E-state index in [0.717, 1.165) is 26.2 Å². The Hall–Kier alpha value is -3.72. The van der Waals surface area contributed by atoms with Crippen molar-refractivity contribution in [3.8, 4) is 22.8 Å². The van der Waals surface area contributed by atoms with Crippen LogP contribution in [0.5, 0.6) is 11.5 Å². The molecule has 0 aliphatic heterocycles. The molecule has 0 aliphatic carbocycles. The first-order valence-electron chi connectivity index (χ1n) is 9.61. The first kappa shape index (κ1) is 20.5. The van der Waals surface area contributed by atoms with Gasteiger partial charge < -0.3 is 14.8 Å². The molecule has 0 radical (unpaired) electrons. The predicted octanol–water partition coefficient (Wildman–Crippen LogP) is 3.57. The van der Waals surface area contributed by atoms with E-state index in [-0.39, 0.29) is 18.0 Å². The van der Waals surface area contributed by atoms with Gasteiger partial charge in [-0.3, -0.25) is 9.59 Å². The molecule has 2 aromatic carbocycles. The van der Waals surface area contributed by atoms with E-state index >= 15 is 0 Å². The molecule has 0 fully saturated rings. The molecule has 31 heavy (non-hydrogen) atoms. The lowest BCUT2D eigenvalue weighted by Gasteiger charge is -2.08. The van der Waals surface area contributed by atoms with E-state index in [1.54, 1.807) is 13.2 Å². The van der Waals surface area contributed by atoms with Gasteiger partial charge in [0, 0.05) is 11.6 Å². The maximum Gasteiger partial charge on any atom is 0.267 e. The Kier molecular flexibility index (Phi) is 5.94. The highest BCUT2D eigenvalue weighted by Crippen LogP contribution is 2.29. The number of rotatable bonds is 7. The van der Waals surface area contributed by atoms with Crippen LogP contribution >= 0.6 is 11.3 Å². The van der Waals surface area contributed by atoms with Gasteiger partial charge in [0.15, 0.2) is 5.13 Å². The number of ether oxygens (including phenoxy) is 2. The summed E-state index contributed by atoms with van der Waals surface area (Å²) >= 11 is 1.34. The molecule has 1 N–H and O–H groups in total. The Morgan fingerprint density at radius 1 is 1.13 bits per heavy atom. The maximum atomic E-state index is 12.5. The molecule has 2 heterocycles. The summed E-state index contributed by atoms with van der Waals surface area (Å²) in [7, 11) is 1.58. The number of anilines is 1. The standard InChI is InChI=1S/C22H20N4O4S/c1-3-30-16-7-8-18-19(12-16)31-22(23-18)24-20(27)13-26-21(28)10-9-17(25-26)14-5-4-6-15(11-14)29-2/h4-12H,3,13H2,1-2H3,(H,23,24,27). The van der Waals surface area contributed by atoms with Crippen molar-refractivity contribution >= 4 is 32.6 Å². The van der Waals surface area contributed by atoms with Gasteiger partial charge in [0.2, 0.25) is 5.91 Å². The lowest BCUT2D eigenvalue weighted by molar-refractivity contribution is -0.117. The summed E-state index contributed by atoms with van der Waals surface area (Å²) in [4.78, 5) is 29.2. The van der Waals surface area contributed by atoms with Gasteiger partial charge in [0.1, 0.15) is 18.0 Å². The molecule has 8 nitrogen and oxygen atoms in total.